The Morgan fingerprint density at radius 2 is 2.10 bits per heavy atom. The zero-order valence-electron chi connectivity index (χ0n) is 13.1. The van der Waals surface area contributed by atoms with E-state index in [2.05, 4.69) is 25.7 Å². The van der Waals surface area contributed by atoms with Crippen LogP contribution >= 0.6 is 0 Å². The van der Waals surface area contributed by atoms with Gasteiger partial charge in [0.15, 0.2) is 5.96 Å². The van der Waals surface area contributed by atoms with Gasteiger partial charge in [-0.25, -0.2) is 4.99 Å². The maximum atomic E-state index is 6.30. The van der Waals surface area contributed by atoms with Crippen LogP contribution in [0.3, 0.4) is 0 Å². The van der Waals surface area contributed by atoms with E-state index in [1.54, 1.807) is 0 Å². The van der Waals surface area contributed by atoms with Crippen molar-refractivity contribution in [1.29, 1.82) is 0 Å². The average molecular weight is 279 g/mol. The number of nitrogens with two attached hydrogens (primary N) is 1. The summed E-state index contributed by atoms with van der Waals surface area (Å²) in [4.78, 5) is 7.20. The predicted molar refractivity (Wildman–Crippen MR) is 81.6 cm³/mol. The molecule has 1 saturated carbocycles. The molecule has 4 unspecified atom stereocenters. The maximum absolute atomic E-state index is 6.30. The number of ether oxygens (including phenoxy) is 1. The number of aliphatic imine (C=N–C) groups is 1. The largest absolute Gasteiger partial charge is 0.377 e. The Kier molecular flexibility index (Phi) is 3.69. The van der Waals surface area contributed by atoms with Gasteiger partial charge in [-0.05, 0) is 31.6 Å². The van der Waals surface area contributed by atoms with E-state index in [1.807, 2.05) is 0 Å². The van der Waals surface area contributed by atoms with Gasteiger partial charge in [0.05, 0.1) is 12.1 Å². The van der Waals surface area contributed by atoms with Gasteiger partial charge >= 0.3 is 0 Å². The molecule has 3 rings (SSSR count). The molecule has 2 N–H and O–H groups in total. The number of rotatable bonds is 1. The highest BCUT2D eigenvalue weighted by atomic mass is 16.5. The highest BCUT2D eigenvalue weighted by Gasteiger charge is 2.58. The average Bonchev–Trinajstić information content (AvgIpc) is 2.44. The lowest BCUT2D eigenvalue weighted by Gasteiger charge is -2.58. The zero-order valence-corrected chi connectivity index (χ0v) is 13.1. The van der Waals surface area contributed by atoms with Crippen LogP contribution in [-0.2, 0) is 4.74 Å². The highest BCUT2D eigenvalue weighted by Crippen LogP contribution is 2.53. The quantitative estimate of drug-likeness (QED) is 0.591. The molecule has 2 aliphatic heterocycles. The molecule has 4 heteroatoms. The second-order valence-electron chi connectivity index (χ2n) is 7.54. The molecule has 3 aliphatic rings. The predicted octanol–water partition coefficient (Wildman–Crippen LogP) is 2.24. The van der Waals surface area contributed by atoms with Crippen molar-refractivity contribution >= 4 is 5.96 Å². The van der Waals surface area contributed by atoms with Crippen molar-refractivity contribution in [3.63, 3.8) is 0 Å². The second-order valence-corrected chi connectivity index (χ2v) is 7.54. The smallest absolute Gasteiger partial charge is 0.191 e. The first-order valence-electron chi connectivity index (χ1n) is 8.20. The summed E-state index contributed by atoms with van der Waals surface area (Å²) in [7, 11) is 0. The molecule has 1 aliphatic carbocycles. The summed E-state index contributed by atoms with van der Waals surface area (Å²) in [6.45, 7) is 9.90. The minimum atomic E-state index is 0.136. The van der Waals surface area contributed by atoms with Crippen molar-refractivity contribution in [2.75, 3.05) is 19.7 Å². The third-order valence-corrected chi connectivity index (χ3v) is 5.52. The Labute approximate surface area is 122 Å². The Balaban J connectivity index is 1.70. The van der Waals surface area contributed by atoms with Gasteiger partial charge < -0.3 is 15.4 Å². The third-order valence-electron chi connectivity index (χ3n) is 5.52. The van der Waals surface area contributed by atoms with Crippen LogP contribution in [0.25, 0.3) is 0 Å². The molecular formula is C16H29N3O. The fourth-order valence-corrected chi connectivity index (χ4v) is 4.38. The van der Waals surface area contributed by atoms with Gasteiger partial charge in [-0.1, -0.05) is 20.8 Å². The van der Waals surface area contributed by atoms with Crippen LogP contribution < -0.4 is 5.73 Å². The van der Waals surface area contributed by atoms with Crippen LogP contribution in [0.2, 0.25) is 0 Å². The highest BCUT2D eigenvalue weighted by molar-refractivity contribution is 5.78. The lowest BCUT2D eigenvalue weighted by molar-refractivity contribution is -0.182. The van der Waals surface area contributed by atoms with Gasteiger partial charge in [-0.2, -0.15) is 0 Å². The van der Waals surface area contributed by atoms with Gasteiger partial charge in [-0.15, -0.1) is 0 Å². The van der Waals surface area contributed by atoms with Crippen molar-refractivity contribution in [1.82, 2.24) is 4.90 Å². The molecule has 0 aromatic carbocycles. The lowest BCUT2D eigenvalue weighted by atomic mass is 9.55. The van der Waals surface area contributed by atoms with Crippen LogP contribution in [0.5, 0.6) is 0 Å². The Morgan fingerprint density at radius 1 is 1.30 bits per heavy atom. The molecule has 0 amide bonds. The molecule has 0 bridgehead atoms. The van der Waals surface area contributed by atoms with Gasteiger partial charge in [-0.3, -0.25) is 0 Å². The van der Waals surface area contributed by atoms with Crippen molar-refractivity contribution in [3.8, 4) is 0 Å². The molecule has 4 atom stereocenters. The number of likely N-dealkylation sites (tertiary alicyclic amines) is 1. The summed E-state index contributed by atoms with van der Waals surface area (Å²) in [5.41, 5.74) is 6.44. The summed E-state index contributed by atoms with van der Waals surface area (Å²) in [6.07, 6.45) is 5.35. The fraction of sp³-hybridized carbons (Fsp3) is 0.938. The first-order valence-corrected chi connectivity index (χ1v) is 8.20. The third kappa shape index (κ3) is 2.32. The van der Waals surface area contributed by atoms with E-state index in [0.717, 1.165) is 31.6 Å². The minimum absolute atomic E-state index is 0.136. The Morgan fingerprint density at radius 3 is 2.85 bits per heavy atom. The van der Waals surface area contributed by atoms with Crippen molar-refractivity contribution in [2.24, 2.45) is 28.0 Å². The molecule has 2 saturated heterocycles. The van der Waals surface area contributed by atoms with Crippen molar-refractivity contribution < 1.29 is 4.74 Å². The van der Waals surface area contributed by atoms with E-state index < -0.39 is 0 Å². The van der Waals surface area contributed by atoms with Gasteiger partial charge in [0.2, 0.25) is 0 Å². The molecule has 4 nitrogen and oxygen atoms in total. The summed E-state index contributed by atoms with van der Waals surface area (Å²) < 4.78 is 5.94. The van der Waals surface area contributed by atoms with E-state index in [9.17, 15) is 0 Å². The van der Waals surface area contributed by atoms with E-state index in [4.69, 9.17) is 15.5 Å². The zero-order chi connectivity index (χ0) is 14.3. The molecule has 0 spiro atoms. The molecular weight excluding hydrogens is 250 g/mol. The van der Waals surface area contributed by atoms with E-state index >= 15 is 0 Å². The molecule has 114 valence electrons. The number of guanidine groups is 1. The van der Waals surface area contributed by atoms with Crippen molar-refractivity contribution in [2.45, 2.75) is 58.6 Å². The molecule has 3 fully saturated rings. The maximum Gasteiger partial charge on any atom is 0.191 e. The van der Waals surface area contributed by atoms with Crippen LogP contribution in [0.1, 0.15) is 46.5 Å². The number of fused-ring (bicyclic) bond motifs is 1. The van der Waals surface area contributed by atoms with E-state index in [-0.39, 0.29) is 5.41 Å². The first kappa shape index (κ1) is 14.2. The standard InChI is InChI=1S/C16H29N3O/c1-11-6-4-8-19(10-11)15(17)18-13-12-7-5-9-20-14(12)16(13,2)3/h11-14H,4-10H2,1-3H3,(H2,17,18). The Bertz CT molecular complexity index is 393. The van der Waals surface area contributed by atoms with Crippen LogP contribution in [0.4, 0.5) is 0 Å². The summed E-state index contributed by atoms with van der Waals surface area (Å²) >= 11 is 0. The summed E-state index contributed by atoms with van der Waals surface area (Å²) in [5.74, 6) is 2.08. The van der Waals surface area contributed by atoms with Crippen LogP contribution in [0, 0.1) is 17.3 Å². The van der Waals surface area contributed by atoms with E-state index in [0.29, 0.717) is 18.1 Å². The fourth-order valence-electron chi connectivity index (χ4n) is 4.38. The van der Waals surface area contributed by atoms with Crippen molar-refractivity contribution in [3.05, 3.63) is 0 Å². The van der Waals surface area contributed by atoms with Gasteiger partial charge in [0, 0.05) is 31.0 Å². The molecule has 2 heterocycles. The minimum Gasteiger partial charge on any atom is -0.377 e. The normalized spacial score (nSPS) is 41.0. The molecule has 0 radical (unpaired) electrons. The van der Waals surface area contributed by atoms with Crippen LogP contribution in [0.15, 0.2) is 4.99 Å². The first-order chi connectivity index (χ1) is 9.50. The lowest BCUT2D eigenvalue weighted by Crippen LogP contribution is -2.64. The molecule has 0 aromatic rings. The van der Waals surface area contributed by atoms with Gasteiger partial charge in [0.1, 0.15) is 0 Å². The topological polar surface area (TPSA) is 50.8 Å². The summed E-state index contributed by atoms with van der Waals surface area (Å²) in [5, 5.41) is 0. The van der Waals surface area contributed by atoms with Gasteiger partial charge in [0.25, 0.3) is 0 Å². The van der Waals surface area contributed by atoms with Crippen LogP contribution in [-0.4, -0.2) is 42.7 Å². The number of nitrogens with zero attached hydrogens (tertiary/aromatic N) is 2. The van der Waals surface area contributed by atoms with E-state index in [1.165, 1.54) is 25.7 Å². The number of hydrogen-bond donors (Lipinski definition) is 1. The monoisotopic (exact) mass is 279 g/mol. The molecule has 0 aromatic heterocycles. The number of piperidine rings is 1. The summed E-state index contributed by atoms with van der Waals surface area (Å²) in [6, 6.07) is 0.338. The SMILES string of the molecule is CC1CCCN(C(N)=NC2C3CCCOC3C2(C)C)C1. The second kappa shape index (κ2) is 5.21. The number of hydrogen-bond acceptors (Lipinski definition) is 2. The Hall–Kier alpha value is -0.770. The molecule has 20 heavy (non-hydrogen) atoms.